The highest BCUT2D eigenvalue weighted by molar-refractivity contribution is 5.13. The third-order valence-corrected chi connectivity index (χ3v) is 1.86. The highest BCUT2D eigenvalue weighted by Crippen LogP contribution is 1.93. The molecule has 0 aliphatic carbocycles. The second kappa shape index (κ2) is 4.82. The van der Waals surface area contributed by atoms with Gasteiger partial charge in [-0.2, -0.15) is 0 Å². The summed E-state index contributed by atoms with van der Waals surface area (Å²) in [5.74, 6) is 0. The molecule has 0 atom stereocenters. The van der Waals surface area contributed by atoms with E-state index in [1.165, 1.54) is 0 Å². The average molecular weight is 181 g/mol. The third-order valence-electron chi connectivity index (χ3n) is 1.86. The minimum absolute atomic E-state index is 0.0935. The van der Waals surface area contributed by atoms with E-state index in [2.05, 4.69) is 4.98 Å². The molecule has 0 saturated carbocycles. The van der Waals surface area contributed by atoms with E-state index < -0.39 is 0 Å². The molecular weight excluding hydrogens is 166 g/mol. The number of aryl methyl sites for hydroxylation is 1. The van der Waals surface area contributed by atoms with E-state index in [-0.39, 0.29) is 5.43 Å². The summed E-state index contributed by atoms with van der Waals surface area (Å²) < 4.78 is 5.17. The maximum absolute atomic E-state index is 11.4. The maximum Gasteiger partial charge on any atom is 0.185 e. The van der Waals surface area contributed by atoms with Gasteiger partial charge in [-0.15, -0.1) is 0 Å². The molecule has 13 heavy (non-hydrogen) atoms. The number of rotatable bonds is 4. The highest BCUT2D eigenvalue weighted by atomic mass is 16.5. The third kappa shape index (κ3) is 3.03. The Kier molecular flexibility index (Phi) is 3.71. The number of ether oxygens (including phenoxy) is 1. The van der Waals surface area contributed by atoms with Gasteiger partial charge in [-0.25, -0.2) is 0 Å². The minimum atomic E-state index is 0.0935. The van der Waals surface area contributed by atoms with Crippen molar-refractivity contribution in [2.45, 2.75) is 20.3 Å². The molecule has 0 spiro atoms. The Morgan fingerprint density at radius 3 is 2.92 bits per heavy atom. The van der Waals surface area contributed by atoms with Gasteiger partial charge in [0.2, 0.25) is 0 Å². The fourth-order valence-corrected chi connectivity index (χ4v) is 1.12. The second-order valence-corrected chi connectivity index (χ2v) is 2.95. The van der Waals surface area contributed by atoms with E-state index in [0.717, 1.165) is 11.3 Å². The van der Waals surface area contributed by atoms with Crippen LogP contribution in [0, 0.1) is 6.92 Å². The van der Waals surface area contributed by atoms with Crippen LogP contribution in [0.15, 0.2) is 17.1 Å². The number of nitrogens with one attached hydrogen (secondary N) is 1. The van der Waals surface area contributed by atoms with Crippen molar-refractivity contribution in [3.63, 3.8) is 0 Å². The normalized spacial score (nSPS) is 10.3. The number of hydrogen-bond acceptors (Lipinski definition) is 2. The molecule has 1 heterocycles. The lowest BCUT2D eigenvalue weighted by atomic mass is 10.2. The monoisotopic (exact) mass is 181 g/mol. The van der Waals surface area contributed by atoms with Crippen LogP contribution in [0.4, 0.5) is 0 Å². The van der Waals surface area contributed by atoms with E-state index in [4.69, 9.17) is 4.74 Å². The highest BCUT2D eigenvalue weighted by Gasteiger charge is 1.98. The Balaban J connectivity index is 2.62. The number of aromatic amines is 1. The van der Waals surface area contributed by atoms with Crippen LogP contribution >= 0.6 is 0 Å². The molecule has 0 fully saturated rings. The molecule has 3 heteroatoms. The van der Waals surface area contributed by atoms with Gasteiger partial charge in [-0.3, -0.25) is 4.79 Å². The maximum atomic E-state index is 11.4. The van der Waals surface area contributed by atoms with Crippen molar-refractivity contribution in [3.05, 3.63) is 33.7 Å². The van der Waals surface area contributed by atoms with E-state index >= 15 is 0 Å². The summed E-state index contributed by atoms with van der Waals surface area (Å²) in [5.41, 5.74) is 1.78. The lowest BCUT2D eigenvalue weighted by Crippen LogP contribution is -2.11. The number of aromatic nitrogens is 1. The predicted octanol–water partition coefficient (Wildman–Crippen LogP) is 1.26. The summed E-state index contributed by atoms with van der Waals surface area (Å²) in [6.45, 7) is 5.12. The number of H-pyrrole nitrogens is 1. The summed E-state index contributed by atoms with van der Waals surface area (Å²) in [4.78, 5) is 14.4. The van der Waals surface area contributed by atoms with Gasteiger partial charge in [0.1, 0.15) is 0 Å². The zero-order chi connectivity index (χ0) is 9.68. The molecule has 1 aromatic heterocycles. The molecule has 1 rings (SSSR count). The Hall–Kier alpha value is -1.09. The molecule has 1 aromatic rings. The molecule has 72 valence electrons. The molecule has 0 bridgehead atoms. The molecule has 0 saturated heterocycles. The van der Waals surface area contributed by atoms with Gasteiger partial charge >= 0.3 is 0 Å². The summed E-state index contributed by atoms with van der Waals surface area (Å²) in [7, 11) is 0. The summed E-state index contributed by atoms with van der Waals surface area (Å²) in [5, 5.41) is 0. The zero-order valence-corrected chi connectivity index (χ0v) is 8.09. The van der Waals surface area contributed by atoms with Crippen LogP contribution in [0.3, 0.4) is 0 Å². The predicted molar refractivity (Wildman–Crippen MR) is 52.0 cm³/mol. The van der Waals surface area contributed by atoms with Crippen molar-refractivity contribution in [1.29, 1.82) is 0 Å². The summed E-state index contributed by atoms with van der Waals surface area (Å²) in [6, 6.07) is 1.61. The van der Waals surface area contributed by atoms with Crippen molar-refractivity contribution in [2.75, 3.05) is 13.2 Å². The SMILES string of the molecule is CCOCCc1c[nH]c(C)cc1=O. The molecule has 0 radical (unpaired) electrons. The first-order valence-electron chi connectivity index (χ1n) is 4.50. The molecule has 3 nitrogen and oxygen atoms in total. The molecule has 0 aromatic carbocycles. The van der Waals surface area contributed by atoms with Gasteiger partial charge in [-0.1, -0.05) is 0 Å². The minimum Gasteiger partial charge on any atom is -0.381 e. The average Bonchev–Trinajstić information content (AvgIpc) is 2.09. The Bertz CT molecular complexity index is 317. The van der Waals surface area contributed by atoms with Gasteiger partial charge in [0, 0.05) is 36.5 Å². The summed E-state index contributed by atoms with van der Waals surface area (Å²) in [6.07, 6.45) is 2.44. The van der Waals surface area contributed by atoms with E-state index in [1.807, 2.05) is 13.8 Å². The standard InChI is InChI=1S/C10H15NO2/c1-3-13-5-4-9-7-11-8(2)6-10(9)12/h6-7H,3-5H2,1-2H3,(H,11,12). The Morgan fingerprint density at radius 1 is 1.54 bits per heavy atom. The Morgan fingerprint density at radius 2 is 2.31 bits per heavy atom. The lowest BCUT2D eigenvalue weighted by Gasteiger charge is -2.01. The van der Waals surface area contributed by atoms with Crippen LogP contribution < -0.4 is 5.43 Å². The van der Waals surface area contributed by atoms with Crippen LogP contribution in [0.25, 0.3) is 0 Å². The van der Waals surface area contributed by atoms with Gasteiger partial charge in [0.05, 0.1) is 6.61 Å². The molecular formula is C10H15NO2. The van der Waals surface area contributed by atoms with Crippen molar-refractivity contribution in [3.8, 4) is 0 Å². The van der Waals surface area contributed by atoms with E-state index in [0.29, 0.717) is 19.6 Å². The first-order valence-corrected chi connectivity index (χ1v) is 4.50. The van der Waals surface area contributed by atoms with Crippen LogP contribution in [0.5, 0.6) is 0 Å². The molecule has 0 amide bonds. The van der Waals surface area contributed by atoms with Crippen molar-refractivity contribution in [2.24, 2.45) is 0 Å². The molecule has 0 aliphatic rings. The largest absolute Gasteiger partial charge is 0.381 e. The van der Waals surface area contributed by atoms with E-state index in [1.54, 1.807) is 12.3 Å². The van der Waals surface area contributed by atoms with Crippen molar-refractivity contribution in [1.82, 2.24) is 4.98 Å². The number of pyridine rings is 1. The molecule has 0 aliphatic heterocycles. The fraction of sp³-hybridized carbons (Fsp3) is 0.500. The molecule has 1 N–H and O–H groups in total. The first kappa shape index (κ1) is 9.99. The topological polar surface area (TPSA) is 42.1 Å². The zero-order valence-electron chi connectivity index (χ0n) is 8.09. The van der Waals surface area contributed by atoms with E-state index in [9.17, 15) is 4.79 Å². The quantitative estimate of drug-likeness (QED) is 0.710. The van der Waals surface area contributed by atoms with Gasteiger partial charge in [0.15, 0.2) is 5.43 Å². The summed E-state index contributed by atoms with van der Waals surface area (Å²) >= 11 is 0. The van der Waals surface area contributed by atoms with Crippen LogP contribution in [-0.4, -0.2) is 18.2 Å². The van der Waals surface area contributed by atoms with Gasteiger partial charge in [0.25, 0.3) is 0 Å². The van der Waals surface area contributed by atoms with Crippen molar-refractivity contribution < 1.29 is 4.74 Å². The second-order valence-electron chi connectivity index (χ2n) is 2.95. The Labute approximate surface area is 77.8 Å². The van der Waals surface area contributed by atoms with Gasteiger partial charge in [-0.05, 0) is 13.8 Å². The van der Waals surface area contributed by atoms with Crippen LogP contribution in [0.2, 0.25) is 0 Å². The lowest BCUT2D eigenvalue weighted by molar-refractivity contribution is 0.150. The van der Waals surface area contributed by atoms with Crippen molar-refractivity contribution >= 4 is 0 Å². The van der Waals surface area contributed by atoms with Gasteiger partial charge < -0.3 is 9.72 Å². The first-order chi connectivity index (χ1) is 6.24. The smallest absolute Gasteiger partial charge is 0.185 e. The number of hydrogen-bond donors (Lipinski definition) is 1. The van der Waals surface area contributed by atoms with Crippen LogP contribution in [-0.2, 0) is 11.2 Å². The molecule has 0 unspecified atom stereocenters. The van der Waals surface area contributed by atoms with Crippen LogP contribution in [0.1, 0.15) is 18.2 Å². The fourth-order valence-electron chi connectivity index (χ4n) is 1.12.